The fourth-order valence-electron chi connectivity index (χ4n) is 4.66. The van der Waals surface area contributed by atoms with Gasteiger partial charge in [0.25, 0.3) is 5.91 Å². The largest absolute Gasteiger partial charge is 0.339 e. The molecule has 0 spiro atoms. The second-order valence-corrected chi connectivity index (χ2v) is 9.06. The molecule has 0 unspecified atom stereocenters. The quantitative estimate of drug-likeness (QED) is 0.325. The van der Waals surface area contributed by atoms with Crippen LogP contribution >= 0.6 is 0 Å². The van der Waals surface area contributed by atoms with Crippen molar-refractivity contribution in [2.24, 2.45) is 0 Å². The number of hydrogen-bond donors (Lipinski definition) is 2. The van der Waals surface area contributed by atoms with Crippen LogP contribution < -0.4 is 10.6 Å². The van der Waals surface area contributed by atoms with Gasteiger partial charge in [-0.15, -0.1) is 0 Å². The Morgan fingerprint density at radius 2 is 1.74 bits per heavy atom. The van der Waals surface area contributed by atoms with Crippen molar-refractivity contribution in [1.29, 1.82) is 0 Å². The van der Waals surface area contributed by atoms with Crippen molar-refractivity contribution in [1.82, 2.24) is 15.0 Å². The molecule has 1 aliphatic carbocycles. The van der Waals surface area contributed by atoms with E-state index in [0.29, 0.717) is 17.3 Å². The van der Waals surface area contributed by atoms with Gasteiger partial charge in [-0.2, -0.15) is 0 Å². The summed E-state index contributed by atoms with van der Waals surface area (Å²) in [6.45, 7) is 2.00. The molecule has 1 aliphatic rings. The fourth-order valence-corrected chi connectivity index (χ4v) is 4.66. The number of nitrogens with one attached hydrogen (secondary N) is 2. The number of carbonyl (C=O) groups is 1. The van der Waals surface area contributed by atoms with Gasteiger partial charge in [0.2, 0.25) is 0 Å². The average molecular weight is 464 g/mol. The average Bonchev–Trinajstić information content (AvgIpc) is 2.91. The monoisotopic (exact) mass is 463 g/mol. The molecule has 5 rings (SSSR count). The molecular weight excluding hydrogens is 434 g/mol. The van der Waals surface area contributed by atoms with E-state index in [4.69, 9.17) is 0 Å². The molecule has 35 heavy (non-hydrogen) atoms. The van der Waals surface area contributed by atoms with Crippen molar-refractivity contribution in [2.45, 2.75) is 44.9 Å². The number of hydrogen-bond acceptors (Lipinski definition) is 5. The molecule has 6 nitrogen and oxygen atoms in total. The van der Waals surface area contributed by atoms with Crippen LogP contribution in [-0.2, 0) is 0 Å². The Balaban J connectivity index is 1.32. The second-order valence-electron chi connectivity index (χ2n) is 9.06. The summed E-state index contributed by atoms with van der Waals surface area (Å²) in [6, 6.07) is 19.7. The molecule has 2 N–H and O–H groups in total. The van der Waals surface area contributed by atoms with Crippen molar-refractivity contribution < 1.29 is 4.79 Å². The van der Waals surface area contributed by atoms with E-state index in [2.05, 4.69) is 37.7 Å². The van der Waals surface area contributed by atoms with E-state index >= 15 is 0 Å². The molecule has 2 aromatic heterocycles. The van der Waals surface area contributed by atoms with Gasteiger partial charge in [-0.05, 0) is 79.3 Å². The first-order chi connectivity index (χ1) is 17.2. The lowest BCUT2D eigenvalue weighted by Crippen LogP contribution is -2.13. The third-order valence-corrected chi connectivity index (χ3v) is 6.66. The van der Waals surface area contributed by atoms with E-state index in [0.717, 1.165) is 28.2 Å². The predicted octanol–water partition coefficient (Wildman–Crippen LogP) is 6.89. The van der Waals surface area contributed by atoms with E-state index in [1.54, 1.807) is 12.4 Å². The summed E-state index contributed by atoms with van der Waals surface area (Å²) in [5.41, 5.74) is 6.23. The third-order valence-electron chi connectivity index (χ3n) is 6.66. The number of pyridine rings is 1. The maximum atomic E-state index is 13.0. The minimum atomic E-state index is -0.143. The Labute approximate surface area is 205 Å². The van der Waals surface area contributed by atoms with Gasteiger partial charge in [-0.25, -0.2) is 15.0 Å². The molecule has 1 fully saturated rings. The second kappa shape index (κ2) is 10.5. The lowest BCUT2D eigenvalue weighted by Gasteiger charge is -2.22. The van der Waals surface area contributed by atoms with Gasteiger partial charge >= 0.3 is 0 Å². The van der Waals surface area contributed by atoms with E-state index in [1.165, 1.54) is 44.0 Å². The normalized spacial score (nSPS) is 13.9. The molecule has 2 heterocycles. The van der Waals surface area contributed by atoms with Gasteiger partial charge in [0, 0.05) is 34.9 Å². The van der Waals surface area contributed by atoms with Crippen LogP contribution in [0.2, 0.25) is 0 Å². The standard InChI is InChI=1S/C29H29N5O/c1-20-9-10-23(29(35)33-24-13-11-22(12-14-24)21-6-3-2-4-7-21)18-27(20)34-28-25(8-5-16-31-28)26-15-17-30-19-32-26/h5,8-19,21H,2-4,6-7H2,1H3,(H,31,34)(H,33,35). The third kappa shape index (κ3) is 5.38. The van der Waals surface area contributed by atoms with Gasteiger partial charge in [0.1, 0.15) is 12.1 Å². The van der Waals surface area contributed by atoms with Gasteiger partial charge in [0.15, 0.2) is 0 Å². The smallest absolute Gasteiger partial charge is 0.255 e. The zero-order chi connectivity index (χ0) is 24.0. The van der Waals surface area contributed by atoms with Crippen LogP contribution in [-0.4, -0.2) is 20.9 Å². The van der Waals surface area contributed by atoms with Crippen LogP contribution in [0, 0.1) is 6.92 Å². The number of aromatic nitrogens is 3. The summed E-state index contributed by atoms with van der Waals surface area (Å²) in [6.07, 6.45) is 11.5. The first-order valence-electron chi connectivity index (χ1n) is 12.2. The van der Waals surface area contributed by atoms with E-state index in [9.17, 15) is 4.79 Å². The fraction of sp³-hybridized carbons (Fsp3) is 0.241. The van der Waals surface area contributed by atoms with Crippen molar-refractivity contribution >= 4 is 23.1 Å². The van der Waals surface area contributed by atoms with Crippen LogP contribution in [0.4, 0.5) is 17.2 Å². The highest BCUT2D eigenvalue weighted by molar-refractivity contribution is 6.05. The number of nitrogens with zero attached hydrogens (tertiary/aromatic N) is 3. The summed E-state index contributed by atoms with van der Waals surface area (Å²) >= 11 is 0. The zero-order valence-corrected chi connectivity index (χ0v) is 19.9. The first-order valence-corrected chi connectivity index (χ1v) is 12.2. The number of rotatable bonds is 6. The number of amides is 1. The minimum absolute atomic E-state index is 0.143. The highest BCUT2D eigenvalue weighted by Gasteiger charge is 2.16. The molecule has 0 atom stereocenters. The topological polar surface area (TPSA) is 79.8 Å². The highest BCUT2D eigenvalue weighted by Crippen LogP contribution is 2.33. The molecule has 4 aromatic rings. The van der Waals surface area contributed by atoms with Crippen molar-refractivity contribution in [2.75, 3.05) is 10.6 Å². The van der Waals surface area contributed by atoms with Crippen molar-refractivity contribution in [3.63, 3.8) is 0 Å². The van der Waals surface area contributed by atoms with Gasteiger partial charge in [-0.1, -0.05) is 37.5 Å². The molecule has 6 heteroatoms. The summed E-state index contributed by atoms with van der Waals surface area (Å²) < 4.78 is 0. The Morgan fingerprint density at radius 3 is 2.51 bits per heavy atom. The van der Waals surface area contributed by atoms with Gasteiger partial charge in [0.05, 0.1) is 5.69 Å². The summed E-state index contributed by atoms with van der Waals surface area (Å²) in [5.74, 6) is 1.18. The van der Waals surface area contributed by atoms with Gasteiger partial charge in [-0.3, -0.25) is 4.79 Å². The molecule has 1 amide bonds. The van der Waals surface area contributed by atoms with Crippen LogP contribution in [0.25, 0.3) is 11.3 Å². The Morgan fingerprint density at radius 1 is 0.914 bits per heavy atom. The lowest BCUT2D eigenvalue weighted by atomic mass is 9.84. The van der Waals surface area contributed by atoms with Crippen LogP contribution in [0.5, 0.6) is 0 Å². The van der Waals surface area contributed by atoms with Gasteiger partial charge < -0.3 is 10.6 Å². The number of aryl methyl sites for hydroxylation is 1. The molecule has 0 radical (unpaired) electrons. The SMILES string of the molecule is Cc1ccc(C(=O)Nc2ccc(C3CCCCC3)cc2)cc1Nc1ncccc1-c1ccncn1. The lowest BCUT2D eigenvalue weighted by molar-refractivity contribution is 0.102. The van der Waals surface area contributed by atoms with Crippen molar-refractivity contribution in [3.8, 4) is 11.3 Å². The molecule has 0 bridgehead atoms. The van der Waals surface area contributed by atoms with Crippen LogP contribution in [0.3, 0.4) is 0 Å². The number of benzene rings is 2. The van der Waals surface area contributed by atoms with Crippen LogP contribution in [0.1, 0.15) is 59.5 Å². The minimum Gasteiger partial charge on any atom is -0.339 e. The predicted molar refractivity (Wildman–Crippen MR) is 140 cm³/mol. The molecule has 176 valence electrons. The van der Waals surface area contributed by atoms with E-state index in [1.807, 2.05) is 55.5 Å². The zero-order valence-electron chi connectivity index (χ0n) is 19.9. The van der Waals surface area contributed by atoms with E-state index in [-0.39, 0.29) is 5.91 Å². The molecule has 0 aliphatic heterocycles. The maximum absolute atomic E-state index is 13.0. The molecule has 1 saturated carbocycles. The summed E-state index contributed by atoms with van der Waals surface area (Å²) in [4.78, 5) is 25.9. The Bertz CT molecular complexity index is 1300. The molecule has 0 saturated heterocycles. The summed E-state index contributed by atoms with van der Waals surface area (Å²) in [5, 5.41) is 6.43. The Hall–Kier alpha value is -4.06. The van der Waals surface area contributed by atoms with E-state index < -0.39 is 0 Å². The number of anilines is 3. The van der Waals surface area contributed by atoms with Crippen LogP contribution in [0.15, 0.2) is 79.4 Å². The van der Waals surface area contributed by atoms with Crippen molar-refractivity contribution in [3.05, 3.63) is 96.1 Å². The first kappa shape index (κ1) is 22.7. The number of carbonyl (C=O) groups excluding carboxylic acids is 1. The molecule has 2 aromatic carbocycles. The Kier molecular flexibility index (Phi) is 6.80. The highest BCUT2D eigenvalue weighted by atomic mass is 16.1. The maximum Gasteiger partial charge on any atom is 0.255 e. The molecular formula is C29H29N5O. The summed E-state index contributed by atoms with van der Waals surface area (Å²) in [7, 11) is 0.